The van der Waals surface area contributed by atoms with Crippen molar-refractivity contribution in [3.8, 4) is 5.69 Å². The van der Waals surface area contributed by atoms with Crippen LogP contribution in [0.3, 0.4) is 0 Å². The van der Waals surface area contributed by atoms with Gasteiger partial charge >= 0.3 is 5.88 Å². The summed E-state index contributed by atoms with van der Waals surface area (Å²) >= 11 is 1.27. The molecule has 4 aromatic rings. The maximum atomic E-state index is 12.6. The van der Waals surface area contributed by atoms with Gasteiger partial charge in [0.25, 0.3) is 6.20 Å². The molecule has 0 saturated heterocycles. The van der Waals surface area contributed by atoms with E-state index in [1.807, 2.05) is 30.3 Å². The van der Waals surface area contributed by atoms with Crippen LogP contribution in [0.15, 0.2) is 52.1 Å². The summed E-state index contributed by atoms with van der Waals surface area (Å²) in [7, 11) is 0. The van der Waals surface area contributed by atoms with E-state index in [4.69, 9.17) is 10.3 Å². The second-order valence-corrected chi connectivity index (χ2v) is 7.38. The highest BCUT2D eigenvalue weighted by Crippen LogP contribution is 2.35. The van der Waals surface area contributed by atoms with Gasteiger partial charge in [-0.1, -0.05) is 18.2 Å². The molecule has 0 spiro atoms. The highest BCUT2D eigenvalue weighted by atomic mass is 32.1. The van der Waals surface area contributed by atoms with E-state index in [0.717, 1.165) is 40.9 Å². The van der Waals surface area contributed by atoms with Crippen LogP contribution < -0.4 is 15.5 Å². The average Bonchev–Trinajstić information content (AvgIpc) is 3.40. The molecule has 0 bridgehead atoms. The quantitative estimate of drug-likeness (QED) is 0.334. The van der Waals surface area contributed by atoms with Crippen LogP contribution in [0.5, 0.6) is 0 Å². The molecule has 3 heterocycles. The molecule has 134 valence electrons. The second kappa shape index (κ2) is 6.17. The first-order valence-corrected chi connectivity index (χ1v) is 9.41. The number of hydrogen-bond acceptors (Lipinski definition) is 7. The van der Waals surface area contributed by atoms with Crippen molar-refractivity contribution >= 4 is 39.0 Å². The lowest BCUT2D eigenvalue weighted by atomic mass is 10.1. The molecule has 1 aliphatic carbocycles. The van der Waals surface area contributed by atoms with Gasteiger partial charge in [-0.25, -0.2) is 9.98 Å². The van der Waals surface area contributed by atoms with Crippen molar-refractivity contribution in [2.45, 2.75) is 19.3 Å². The van der Waals surface area contributed by atoms with E-state index in [2.05, 4.69) is 21.3 Å². The normalized spacial score (nSPS) is 14.0. The molecule has 0 saturated carbocycles. The molecule has 0 aliphatic heterocycles. The Morgan fingerprint density at radius 2 is 2.11 bits per heavy atom. The summed E-state index contributed by atoms with van der Waals surface area (Å²) in [5, 5.41) is 17.4. The van der Waals surface area contributed by atoms with Crippen LogP contribution in [-0.4, -0.2) is 16.2 Å². The average molecular weight is 377 g/mol. The van der Waals surface area contributed by atoms with Crippen molar-refractivity contribution in [2.75, 3.05) is 5.73 Å². The number of pyridine rings is 1. The molecule has 0 radical (unpaired) electrons. The summed E-state index contributed by atoms with van der Waals surface area (Å²) in [5.74, 6) is -0.330. The molecular formula is C19H15N5O2S. The number of nitrogens with zero attached hydrogens (tertiary/aromatic N) is 4. The van der Waals surface area contributed by atoms with E-state index in [1.54, 1.807) is 6.20 Å². The fourth-order valence-corrected chi connectivity index (χ4v) is 4.28. The van der Waals surface area contributed by atoms with E-state index < -0.39 is 5.90 Å². The lowest BCUT2D eigenvalue weighted by molar-refractivity contribution is -0.670. The lowest BCUT2D eigenvalue weighted by Crippen LogP contribution is -2.30. The third-order valence-electron chi connectivity index (χ3n) is 4.63. The second-order valence-electron chi connectivity index (χ2n) is 6.38. The number of aryl methyl sites for hydroxylation is 2. The van der Waals surface area contributed by atoms with Crippen molar-refractivity contribution in [1.29, 1.82) is 0 Å². The van der Waals surface area contributed by atoms with Crippen molar-refractivity contribution in [2.24, 2.45) is 4.99 Å². The van der Waals surface area contributed by atoms with E-state index in [-0.39, 0.29) is 5.88 Å². The number of thiophene rings is 1. The van der Waals surface area contributed by atoms with Crippen molar-refractivity contribution in [1.82, 2.24) is 10.3 Å². The third kappa shape index (κ3) is 2.74. The van der Waals surface area contributed by atoms with E-state index in [0.29, 0.717) is 10.6 Å². The third-order valence-corrected chi connectivity index (χ3v) is 5.73. The molecule has 0 amide bonds. The van der Waals surface area contributed by atoms with Crippen molar-refractivity contribution < 1.29 is 14.3 Å². The predicted octanol–water partition coefficient (Wildman–Crippen LogP) is 2.07. The molecule has 8 heteroatoms. The maximum absolute atomic E-state index is 12.6. The lowest BCUT2D eigenvalue weighted by Gasteiger charge is -2.06. The van der Waals surface area contributed by atoms with Crippen LogP contribution in [0.4, 0.5) is 11.6 Å². The summed E-state index contributed by atoms with van der Waals surface area (Å²) in [6.45, 7) is 0. The zero-order valence-corrected chi connectivity index (χ0v) is 15.1. The summed E-state index contributed by atoms with van der Waals surface area (Å²) in [5.41, 5.74) is 9.80. The Bertz CT molecular complexity index is 1180. The number of anilines is 1. The van der Waals surface area contributed by atoms with Crippen LogP contribution in [0.1, 0.15) is 22.6 Å². The monoisotopic (exact) mass is 377 g/mol. The smallest absolute Gasteiger partial charge is 0.321 e. The fraction of sp³-hybridized carbons (Fsp3) is 0.158. The van der Waals surface area contributed by atoms with Gasteiger partial charge in [0.15, 0.2) is 0 Å². The zero-order chi connectivity index (χ0) is 18.4. The number of nitrogen functional groups attached to an aromatic ring is 1. The van der Waals surface area contributed by atoms with E-state index >= 15 is 0 Å². The van der Waals surface area contributed by atoms with Gasteiger partial charge in [0.2, 0.25) is 11.0 Å². The summed E-state index contributed by atoms with van der Waals surface area (Å²) in [6.07, 6.45) is 4.67. The highest BCUT2D eigenvalue weighted by molar-refractivity contribution is 7.21. The first-order valence-electron chi connectivity index (χ1n) is 8.60. The molecule has 0 atom stereocenters. The minimum Gasteiger partial charge on any atom is -0.857 e. The SMILES string of the molecule is Nc1c(/C([O-])=N/c2c[n+](-c3ccccc3)no2)sc2nc3c(cc12)CCC3. The Kier molecular flexibility index (Phi) is 3.64. The molecule has 0 unspecified atom stereocenters. The molecule has 1 aromatic carbocycles. The van der Waals surface area contributed by atoms with Gasteiger partial charge in [-0.2, -0.15) is 0 Å². The first kappa shape index (κ1) is 16.0. The van der Waals surface area contributed by atoms with Gasteiger partial charge in [-0.3, -0.25) is 4.52 Å². The molecule has 7 nitrogen and oxygen atoms in total. The Morgan fingerprint density at radius 1 is 1.26 bits per heavy atom. The molecule has 0 fully saturated rings. The number of hydrogen-bond donors (Lipinski definition) is 1. The molecule has 27 heavy (non-hydrogen) atoms. The topological polar surface area (TPSA) is 104 Å². The van der Waals surface area contributed by atoms with Crippen LogP contribution >= 0.6 is 11.3 Å². The van der Waals surface area contributed by atoms with Gasteiger partial charge < -0.3 is 10.8 Å². The summed E-state index contributed by atoms with van der Waals surface area (Å²) in [6, 6.07) is 11.5. The highest BCUT2D eigenvalue weighted by Gasteiger charge is 2.19. The van der Waals surface area contributed by atoms with Crippen molar-refractivity contribution in [3.63, 3.8) is 0 Å². The number of nitrogens with two attached hydrogens (primary N) is 1. The number of rotatable bonds is 3. The van der Waals surface area contributed by atoms with Crippen LogP contribution in [-0.2, 0) is 12.8 Å². The predicted molar refractivity (Wildman–Crippen MR) is 100 cm³/mol. The number of benzene rings is 1. The minimum absolute atomic E-state index is 0.121. The van der Waals surface area contributed by atoms with Gasteiger partial charge in [0.05, 0.1) is 10.6 Å². The molecule has 3 aromatic heterocycles. The molecule has 5 rings (SSSR count). The molecular weight excluding hydrogens is 362 g/mol. The van der Waals surface area contributed by atoms with Crippen molar-refractivity contribution in [3.05, 3.63) is 58.7 Å². The standard InChI is InChI=1S/C19H15N5O2S/c20-16-13-9-11-5-4-8-14(11)21-19(13)27-17(16)18(25)22-15-10-24(23-26-15)12-6-2-1-3-7-12/h1-3,6-7,9-10H,4-5,8H2,(H2-,20,22,23,25). The van der Waals surface area contributed by atoms with Crippen LogP contribution in [0.2, 0.25) is 0 Å². The number of fused-ring (bicyclic) bond motifs is 2. The number of aliphatic imine (C=N–C) groups is 1. The van der Waals surface area contributed by atoms with Gasteiger partial charge in [0.1, 0.15) is 4.83 Å². The first-order chi connectivity index (χ1) is 13.2. The van der Waals surface area contributed by atoms with Gasteiger partial charge in [-0.15, -0.1) is 11.3 Å². The Balaban J connectivity index is 1.51. The molecule has 1 aliphatic rings. The Hall–Kier alpha value is -3.26. The van der Waals surface area contributed by atoms with Gasteiger partial charge in [0, 0.05) is 29.1 Å². The zero-order valence-electron chi connectivity index (χ0n) is 14.3. The Morgan fingerprint density at radius 3 is 2.96 bits per heavy atom. The van der Waals surface area contributed by atoms with E-state index in [1.165, 1.54) is 21.6 Å². The Labute approximate surface area is 158 Å². The van der Waals surface area contributed by atoms with E-state index in [9.17, 15) is 5.11 Å². The minimum atomic E-state index is -0.452. The number of para-hydroxylation sites is 1. The van der Waals surface area contributed by atoms with Gasteiger partial charge in [-0.05, 0) is 35.6 Å². The maximum Gasteiger partial charge on any atom is 0.321 e. The largest absolute Gasteiger partial charge is 0.857 e. The van der Waals surface area contributed by atoms with Crippen LogP contribution in [0.25, 0.3) is 15.9 Å². The summed E-state index contributed by atoms with van der Waals surface area (Å²) < 4.78 is 6.68. The van der Waals surface area contributed by atoms with Crippen LogP contribution in [0, 0.1) is 0 Å². The number of aromatic nitrogens is 3. The summed E-state index contributed by atoms with van der Waals surface area (Å²) in [4.78, 5) is 9.86. The molecule has 2 N–H and O–H groups in total. The fourth-order valence-electron chi connectivity index (χ4n) is 3.30.